The predicted molar refractivity (Wildman–Crippen MR) is 77.3 cm³/mol. The van der Waals surface area contributed by atoms with Crippen LogP contribution >= 0.6 is 0 Å². The zero-order valence-electron chi connectivity index (χ0n) is 11.9. The van der Waals surface area contributed by atoms with Crippen LogP contribution in [0.1, 0.15) is 23.9 Å². The molecule has 0 bridgehead atoms. The molecule has 2 rings (SSSR count). The minimum Gasteiger partial charge on any atom is -0.388 e. The normalized spacial score (nSPS) is 11.9. The van der Waals surface area contributed by atoms with E-state index in [9.17, 15) is 9.90 Å². The van der Waals surface area contributed by atoms with Gasteiger partial charge in [0, 0.05) is 13.6 Å². The van der Waals surface area contributed by atoms with E-state index in [4.69, 9.17) is 0 Å². The predicted octanol–water partition coefficient (Wildman–Crippen LogP) is 1.07. The Labute approximate surface area is 123 Å². The Morgan fingerprint density at radius 2 is 2.19 bits per heavy atom. The minimum atomic E-state index is -0.573. The third kappa shape index (κ3) is 4.57. The van der Waals surface area contributed by atoms with Crippen LogP contribution in [-0.2, 0) is 6.54 Å². The lowest BCUT2D eigenvalue weighted by molar-refractivity contribution is 0.150. The van der Waals surface area contributed by atoms with Gasteiger partial charge in [0.15, 0.2) is 0 Å². The molecule has 3 N–H and O–H groups in total. The van der Waals surface area contributed by atoms with Crippen LogP contribution < -0.4 is 5.32 Å². The second kappa shape index (κ2) is 7.39. The zero-order chi connectivity index (χ0) is 15.1. The van der Waals surface area contributed by atoms with E-state index in [-0.39, 0.29) is 6.03 Å². The molecule has 7 heteroatoms. The van der Waals surface area contributed by atoms with Crippen LogP contribution in [0, 0.1) is 0 Å². The number of benzene rings is 1. The lowest BCUT2D eigenvalue weighted by atomic mass is 10.1. The third-order valence-electron chi connectivity index (χ3n) is 3.14. The van der Waals surface area contributed by atoms with Crippen molar-refractivity contribution >= 4 is 6.03 Å². The molecule has 7 nitrogen and oxygen atoms in total. The van der Waals surface area contributed by atoms with Crippen LogP contribution in [0.3, 0.4) is 0 Å². The topological polar surface area (TPSA) is 94.1 Å². The number of hydrogen-bond donors (Lipinski definition) is 3. The SMILES string of the molecule is CN(CC[C@H](O)c1ccccc1)C(=O)NCc1ncn[nH]1. The molecular weight excluding hydrogens is 270 g/mol. The molecule has 1 heterocycles. The summed E-state index contributed by atoms with van der Waals surface area (Å²) in [4.78, 5) is 17.3. The second-order valence-corrected chi connectivity index (χ2v) is 4.73. The number of rotatable bonds is 6. The monoisotopic (exact) mass is 289 g/mol. The van der Waals surface area contributed by atoms with E-state index in [1.54, 1.807) is 7.05 Å². The van der Waals surface area contributed by atoms with Crippen molar-refractivity contribution in [3.63, 3.8) is 0 Å². The maximum atomic E-state index is 11.9. The van der Waals surface area contributed by atoms with E-state index in [1.165, 1.54) is 11.2 Å². The highest BCUT2D eigenvalue weighted by Crippen LogP contribution is 2.15. The molecule has 2 amide bonds. The van der Waals surface area contributed by atoms with Gasteiger partial charge in [-0.05, 0) is 12.0 Å². The molecule has 0 saturated carbocycles. The Kier molecular flexibility index (Phi) is 5.28. The van der Waals surface area contributed by atoms with Crippen LogP contribution in [0.15, 0.2) is 36.7 Å². The second-order valence-electron chi connectivity index (χ2n) is 4.73. The molecule has 0 aliphatic heterocycles. The fourth-order valence-electron chi connectivity index (χ4n) is 1.87. The first kappa shape index (κ1) is 15.0. The molecule has 0 spiro atoms. The fraction of sp³-hybridized carbons (Fsp3) is 0.357. The summed E-state index contributed by atoms with van der Waals surface area (Å²) in [5.41, 5.74) is 0.855. The van der Waals surface area contributed by atoms with Gasteiger partial charge >= 0.3 is 6.03 Å². The number of nitrogens with one attached hydrogen (secondary N) is 2. The first-order valence-electron chi connectivity index (χ1n) is 6.73. The smallest absolute Gasteiger partial charge is 0.317 e. The van der Waals surface area contributed by atoms with Gasteiger partial charge < -0.3 is 15.3 Å². The number of carbonyl (C=O) groups excluding carboxylic acids is 1. The average Bonchev–Trinajstić information content (AvgIpc) is 3.04. The van der Waals surface area contributed by atoms with Gasteiger partial charge in [-0.2, -0.15) is 5.10 Å². The number of H-pyrrole nitrogens is 1. The van der Waals surface area contributed by atoms with Gasteiger partial charge in [0.1, 0.15) is 12.2 Å². The Morgan fingerprint density at radius 3 is 2.86 bits per heavy atom. The summed E-state index contributed by atoms with van der Waals surface area (Å²) in [7, 11) is 1.69. The number of aromatic nitrogens is 3. The van der Waals surface area contributed by atoms with Gasteiger partial charge in [-0.3, -0.25) is 5.10 Å². The minimum absolute atomic E-state index is 0.216. The molecular formula is C14H19N5O2. The highest BCUT2D eigenvalue weighted by Gasteiger charge is 2.12. The van der Waals surface area contributed by atoms with Crippen molar-refractivity contribution in [2.75, 3.05) is 13.6 Å². The van der Waals surface area contributed by atoms with Crippen molar-refractivity contribution in [2.45, 2.75) is 19.1 Å². The Hall–Kier alpha value is -2.41. The summed E-state index contributed by atoms with van der Waals surface area (Å²) >= 11 is 0. The molecule has 1 aromatic heterocycles. The number of carbonyl (C=O) groups is 1. The van der Waals surface area contributed by atoms with Crippen molar-refractivity contribution in [1.29, 1.82) is 0 Å². The number of urea groups is 1. The van der Waals surface area contributed by atoms with E-state index in [1.807, 2.05) is 30.3 Å². The number of amides is 2. The third-order valence-corrected chi connectivity index (χ3v) is 3.14. The Morgan fingerprint density at radius 1 is 1.43 bits per heavy atom. The first-order valence-corrected chi connectivity index (χ1v) is 6.73. The maximum absolute atomic E-state index is 11.9. The van der Waals surface area contributed by atoms with Gasteiger partial charge in [0.05, 0.1) is 12.6 Å². The molecule has 1 aromatic carbocycles. The van der Waals surface area contributed by atoms with Gasteiger partial charge in [-0.25, -0.2) is 9.78 Å². The van der Waals surface area contributed by atoms with Crippen LogP contribution in [0.5, 0.6) is 0 Å². The van der Waals surface area contributed by atoms with Crippen molar-refractivity contribution in [1.82, 2.24) is 25.4 Å². The summed E-state index contributed by atoms with van der Waals surface area (Å²) in [5.74, 6) is 0.598. The van der Waals surface area contributed by atoms with E-state index in [0.29, 0.717) is 25.3 Å². The van der Waals surface area contributed by atoms with Crippen molar-refractivity contribution in [3.05, 3.63) is 48.0 Å². The lowest BCUT2D eigenvalue weighted by Crippen LogP contribution is -2.38. The number of aliphatic hydroxyl groups is 1. The summed E-state index contributed by atoms with van der Waals surface area (Å²) in [6, 6.07) is 9.19. The average molecular weight is 289 g/mol. The molecule has 112 valence electrons. The quantitative estimate of drug-likeness (QED) is 0.741. The lowest BCUT2D eigenvalue weighted by Gasteiger charge is -2.19. The summed E-state index contributed by atoms with van der Waals surface area (Å²) in [6.07, 6.45) is 1.30. The van der Waals surface area contributed by atoms with E-state index >= 15 is 0 Å². The van der Waals surface area contributed by atoms with E-state index < -0.39 is 6.10 Å². The molecule has 0 radical (unpaired) electrons. The molecule has 0 aliphatic carbocycles. The summed E-state index contributed by atoms with van der Waals surface area (Å²) < 4.78 is 0. The van der Waals surface area contributed by atoms with Crippen LogP contribution in [0.2, 0.25) is 0 Å². The number of hydrogen-bond acceptors (Lipinski definition) is 4. The maximum Gasteiger partial charge on any atom is 0.317 e. The number of aromatic amines is 1. The molecule has 2 aromatic rings. The van der Waals surface area contributed by atoms with E-state index in [0.717, 1.165) is 5.56 Å². The van der Waals surface area contributed by atoms with Gasteiger partial charge in [-0.1, -0.05) is 30.3 Å². The molecule has 0 fully saturated rings. The number of aliphatic hydroxyl groups excluding tert-OH is 1. The molecule has 0 aliphatic rings. The van der Waals surface area contributed by atoms with Crippen LogP contribution in [0.25, 0.3) is 0 Å². The standard InChI is InChI=1S/C14H19N5O2/c1-19(14(21)15-9-13-16-10-17-18-13)8-7-12(20)11-5-3-2-4-6-11/h2-6,10,12,20H,7-9H2,1H3,(H,15,21)(H,16,17,18)/t12-/m0/s1. The molecule has 0 unspecified atom stereocenters. The fourth-order valence-corrected chi connectivity index (χ4v) is 1.87. The molecule has 0 saturated heterocycles. The van der Waals surface area contributed by atoms with Crippen LogP contribution in [0.4, 0.5) is 4.79 Å². The molecule has 21 heavy (non-hydrogen) atoms. The van der Waals surface area contributed by atoms with E-state index in [2.05, 4.69) is 20.5 Å². The first-order chi connectivity index (χ1) is 10.2. The van der Waals surface area contributed by atoms with Gasteiger partial charge in [0.25, 0.3) is 0 Å². The Bertz CT molecular complexity index is 544. The zero-order valence-corrected chi connectivity index (χ0v) is 11.9. The number of nitrogens with zero attached hydrogens (tertiary/aromatic N) is 3. The highest BCUT2D eigenvalue weighted by atomic mass is 16.3. The summed E-state index contributed by atoms with van der Waals surface area (Å²) in [5, 5.41) is 19.1. The van der Waals surface area contributed by atoms with Crippen molar-refractivity contribution < 1.29 is 9.90 Å². The van der Waals surface area contributed by atoms with Crippen molar-refractivity contribution in [3.8, 4) is 0 Å². The summed E-state index contributed by atoms with van der Waals surface area (Å²) in [6.45, 7) is 0.753. The van der Waals surface area contributed by atoms with Gasteiger partial charge in [-0.15, -0.1) is 0 Å². The van der Waals surface area contributed by atoms with Gasteiger partial charge in [0.2, 0.25) is 0 Å². The largest absolute Gasteiger partial charge is 0.388 e. The Balaban J connectivity index is 1.73. The van der Waals surface area contributed by atoms with Crippen LogP contribution in [-0.4, -0.2) is 44.8 Å². The highest BCUT2D eigenvalue weighted by molar-refractivity contribution is 5.73. The van der Waals surface area contributed by atoms with Crippen molar-refractivity contribution in [2.24, 2.45) is 0 Å². The molecule has 1 atom stereocenters.